The molecule has 0 aromatic rings. The minimum atomic E-state index is -1.33. The molecule has 1 unspecified atom stereocenters. The minimum absolute atomic E-state index is 0.0260. The lowest BCUT2D eigenvalue weighted by molar-refractivity contribution is -0.123. The lowest BCUT2D eigenvalue weighted by Crippen LogP contribution is -2.58. The number of imide groups is 1. The number of carbonyl (C=O) groups excluding carboxylic acids is 2. The molecule has 3 amide bonds. The van der Waals surface area contributed by atoms with E-state index in [1.165, 1.54) is 4.90 Å². The fraction of sp³-hybridized carbons (Fsp3) is 0.778. The molecule has 0 saturated carbocycles. The first kappa shape index (κ1) is 12.5. The molecule has 2 saturated heterocycles. The Labute approximate surface area is 102 Å². The van der Waals surface area contributed by atoms with Crippen molar-refractivity contribution < 1.29 is 23.8 Å². The van der Waals surface area contributed by atoms with Crippen LogP contribution in [0.4, 0.5) is 9.18 Å². The van der Waals surface area contributed by atoms with Crippen LogP contribution in [-0.2, 0) is 9.53 Å². The monoisotopic (exact) mass is 266 g/mol. The van der Waals surface area contributed by atoms with Gasteiger partial charge in [0.2, 0.25) is 5.91 Å². The number of hydrogen-bond donors (Lipinski definition) is 2. The minimum Gasteiger partial charge on any atom is -0.394 e. The normalized spacial score (nSPS) is 38.4. The van der Waals surface area contributed by atoms with E-state index in [0.717, 1.165) is 0 Å². The number of ether oxygens (including phenoxy) is 1. The van der Waals surface area contributed by atoms with Crippen LogP contribution in [-0.4, -0.2) is 59.0 Å². The predicted molar refractivity (Wildman–Crippen MR) is 55.1 cm³/mol. The summed E-state index contributed by atoms with van der Waals surface area (Å²) in [5, 5.41) is 10.0. The molecular formula is C9H12ClFN2O4. The van der Waals surface area contributed by atoms with Gasteiger partial charge in [-0.3, -0.25) is 15.0 Å². The second-order valence-corrected chi connectivity index (χ2v) is 4.50. The van der Waals surface area contributed by atoms with Gasteiger partial charge in [-0.1, -0.05) is 0 Å². The third-order valence-electron chi connectivity index (χ3n) is 2.82. The Morgan fingerprint density at radius 1 is 1.59 bits per heavy atom. The van der Waals surface area contributed by atoms with Crippen LogP contribution in [0.1, 0.15) is 6.42 Å². The summed E-state index contributed by atoms with van der Waals surface area (Å²) >= 11 is 5.71. The van der Waals surface area contributed by atoms with Crippen molar-refractivity contribution in [3.8, 4) is 0 Å². The van der Waals surface area contributed by atoms with Crippen LogP contribution in [0.15, 0.2) is 0 Å². The molecule has 0 aromatic carbocycles. The van der Waals surface area contributed by atoms with E-state index in [1.807, 2.05) is 0 Å². The Bertz CT molecular complexity index is 343. The van der Waals surface area contributed by atoms with Crippen LogP contribution in [0, 0.1) is 0 Å². The molecule has 0 aliphatic carbocycles. The average Bonchev–Trinajstić information content (AvgIpc) is 2.65. The maximum absolute atomic E-state index is 13.4. The largest absolute Gasteiger partial charge is 0.394 e. The molecule has 17 heavy (non-hydrogen) atoms. The van der Waals surface area contributed by atoms with Crippen molar-refractivity contribution in [1.29, 1.82) is 0 Å². The third-order valence-corrected chi connectivity index (χ3v) is 3.16. The van der Waals surface area contributed by atoms with E-state index in [0.29, 0.717) is 0 Å². The van der Waals surface area contributed by atoms with Gasteiger partial charge in [-0.2, -0.15) is 0 Å². The van der Waals surface area contributed by atoms with Gasteiger partial charge < -0.3 is 9.84 Å². The lowest BCUT2D eigenvalue weighted by atomic mass is 10.2. The summed E-state index contributed by atoms with van der Waals surface area (Å²) in [5.74, 6) is -0.568. The summed E-state index contributed by atoms with van der Waals surface area (Å²) < 4.78 is 18.5. The number of hydrogen-bond acceptors (Lipinski definition) is 4. The zero-order chi connectivity index (χ0) is 12.6. The van der Waals surface area contributed by atoms with Crippen molar-refractivity contribution in [3.63, 3.8) is 0 Å². The van der Waals surface area contributed by atoms with Crippen molar-refractivity contribution in [2.24, 2.45) is 0 Å². The van der Waals surface area contributed by atoms with E-state index < -0.39 is 42.4 Å². The predicted octanol–water partition coefficient (Wildman–Crippen LogP) is -0.409. The summed E-state index contributed by atoms with van der Waals surface area (Å²) in [4.78, 5) is 23.8. The number of aliphatic hydroxyl groups excluding tert-OH is 1. The van der Waals surface area contributed by atoms with Crippen molar-refractivity contribution in [1.82, 2.24) is 10.2 Å². The van der Waals surface area contributed by atoms with E-state index in [1.54, 1.807) is 0 Å². The van der Waals surface area contributed by atoms with Crippen LogP contribution >= 0.6 is 11.6 Å². The number of nitrogens with one attached hydrogen (secondary N) is 1. The second kappa shape index (κ2) is 4.75. The van der Waals surface area contributed by atoms with E-state index in [2.05, 4.69) is 5.32 Å². The summed E-state index contributed by atoms with van der Waals surface area (Å²) in [6, 6.07) is -0.650. The van der Waals surface area contributed by atoms with Crippen molar-refractivity contribution >= 4 is 23.5 Å². The fourth-order valence-corrected chi connectivity index (χ4v) is 2.09. The molecule has 8 heteroatoms. The zero-order valence-electron chi connectivity index (χ0n) is 8.81. The highest BCUT2D eigenvalue weighted by atomic mass is 35.5. The Hall–Kier alpha value is -0.920. The van der Waals surface area contributed by atoms with Gasteiger partial charge in [0.25, 0.3) is 0 Å². The number of nitrogens with zero attached hydrogens (tertiary/aromatic N) is 1. The summed E-state index contributed by atoms with van der Waals surface area (Å²) in [6.45, 7) is -0.474. The average molecular weight is 267 g/mol. The molecule has 2 rings (SSSR count). The molecule has 2 heterocycles. The van der Waals surface area contributed by atoms with Crippen LogP contribution in [0.25, 0.3) is 0 Å². The summed E-state index contributed by atoms with van der Waals surface area (Å²) in [5.41, 5.74) is 0. The van der Waals surface area contributed by atoms with Crippen molar-refractivity contribution in [2.75, 3.05) is 13.2 Å². The molecule has 0 aromatic heterocycles. The Morgan fingerprint density at radius 3 is 2.88 bits per heavy atom. The third kappa shape index (κ3) is 2.36. The number of urea groups is 1. The Kier molecular flexibility index (Phi) is 3.50. The Balaban J connectivity index is 2.03. The SMILES string of the molecule is O=C1NC(=O)N([C@H]2C[C@H](F)[C@@H](CO)O2)CC1Cl. The Morgan fingerprint density at radius 2 is 2.29 bits per heavy atom. The molecule has 96 valence electrons. The standard InChI is InChI=1S/C9H12ClFN2O4/c10-4-2-13(9(16)12-8(4)15)7-1-5(11)6(3-14)17-7/h4-7,14H,1-3H2,(H,12,15,16)/t4?,5-,6+,7+/m0/s1. The molecule has 2 aliphatic heterocycles. The van der Waals surface area contributed by atoms with E-state index >= 15 is 0 Å². The number of rotatable bonds is 2. The molecule has 6 nitrogen and oxygen atoms in total. The van der Waals surface area contributed by atoms with Crippen molar-refractivity contribution in [3.05, 3.63) is 0 Å². The highest BCUT2D eigenvalue weighted by Crippen LogP contribution is 2.27. The first-order chi connectivity index (χ1) is 8.02. The molecular weight excluding hydrogens is 255 g/mol. The smallest absolute Gasteiger partial charge is 0.326 e. The maximum Gasteiger partial charge on any atom is 0.326 e. The molecule has 0 bridgehead atoms. The summed E-state index contributed by atoms with van der Waals surface area (Å²) in [6.07, 6.45) is -3.09. The fourth-order valence-electron chi connectivity index (χ4n) is 1.89. The van der Waals surface area contributed by atoms with E-state index in [4.69, 9.17) is 21.4 Å². The maximum atomic E-state index is 13.4. The second-order valence-electron chi connectivity index (χ2n) is 3.98. The topological polar surface area (TPSA) is 78.9 Å². The van der Waals surface area contributed by atoms with Crippen LogP contribution < -0.4 is 5.32 Å². The first-order valence-electron chi connectivity index (χ1n) is 5.19. The number of amides is 3. The van der Waals surface area contributed by atoms with Gasteiger partial charge in [0, 0.05) is 6.42 Å². The van der Waals surface area contributed by atoms with Gasteiger partial charge in [-0.25, -0.2) is 9.18 Å². The molecule has 2 fully saturated rings. The number of carbonyl (C=O) groups is 2. The number of aliphatic hydroxyl groups is 1. The molecule has 2 N–H and O–H groups in total. The van der Waals surface area contributed by atoms with Gasteiger partial charge in [0.05, 0.1) is 13.2 Å². The quantitative estimate of drug-likeness (QED) is 0.666. The van der Waals surface area contributed by atoms with E-state index in [-0.39, 0.29) is 13.0 Å². The van der Waals surface area contributed by atoms with Gasteiger partial charge in [0.15, 0.2) is 0 Å². The van der Waals surface area contributed by atoms with Gasteiger partial charge >= 0.3 is 6.03 Å². The molecule has 0 radical (unpaired) electrons. The first-order valence-corrected chi connectivity index (χ1v) is 5.62. The molecule has 4 atom stereocenters. The number of alkyl halides is 2. The van der Waals surface area contributed by atoms with Crippen molar-refractivity contribution in [2.45, 2.75) is 30.3 Å². The molecule has 2 aliphatic rings. The lowest BCUT2D eigenvalue weighted by Gasteiger charge is -2.33. The molecule has 0 spiro atoms. The van der Waals surface area contributed by atoms with Crippen LogP contribution in [0.3, 0.4) is 0 Å². The highest BCUT2D eigenvalue weighted by Gasteiger charge is 2.43. The van der Waals surface area contributed by atoms with Gasteiger partial charge in [-0.15, -0.1) is 11.6 Å². The number of halogens is 2. The summed E-state index contributed by atoms with van der Waals surface area (Å²) in [7, 11) is 0. The van der Waals surface area contributed by atoms with Gasteiger partial charge in [-0.05, 0) is 0 Å². The highest BCUT2D eigenvalue weighted by molar-refractivity contribution is 6.32. The zero-order valence-corrected chi connectivity index (χ0v) is 9.56. The van der Waals surface area contributed by atoms with Gasteiger partial charge in [0.1, 0.15) is 23.9 Å². The van der Waals surface area contributed by atoms with E-state index in [9.17, 15) is 14.0 Å². The van der Waals surface area contributed by atoms with Crippen LogP contribution in [0.2, 0.25) is 0 Å². The van der Waals surface area contributed by atoms with Crippen LogP contribution in [0.5, 0.6) is 0 Å².